The van der Waals surface area contributed by atoms with E-state index in [9.17, 15) is 5.11 Å². The Labute approximate surface area is 113 Å². The molecule has 0 spiro atoms. The molecule has 0 fully saturated rings. The molecule has 3 heteroatoms. The van der Waals surface area contributed by atoms with E-state index >= 15 is 0 Å². The van der Waals surface area contributed by atoms with E-state index in [4.69, 9.17) is 4.74 Å². The fourth-order valence-corrected chi connectivity index (χ4v) is 1.82. The highest BCUT2D eigenvalue weighted by Gasteiger charge is 2.06. The number of ether oxygens (including phenoxy) is 1. The van der Waals surface area contributed by atoms with Crippen LogP contribution in [0.5, 0.6) is 11.5 Å². The van der Waals surface area contributed by atoms with Gasteiger partial charge in [0.2, 0.25) is 0 Å². The summed E-state index contributed by atoms with van der Waals surface area (Å²) in [7, 11) is 1.53. The Morgan fingerprint density at radius 1 is 1.11 bits per heavy atom. The van der Waals surface area contributed by atoms with Gasteiger partial charge in [-0.05, 0) is 24.6 Å². The molecular formula is C16H17NO2. The number of phenols is 1. The van der Waals surface area contributed by atoms with Crippen LogP contribution in [0, 0.1) is 0 Å². The zero-order valence-corrected chi connectivity index (χ0v) is 11.1. The van der Waals surface area contributed by atoms with Crippen LogP contribution in [-0.4, -0.2) is 18.4 Å². The van der Waals surface area contributed by atoms with E-state index in [0.29, 0.717) is 11.3 Å². The third-order valence-corrected chi connectivity index (χ3v) is 2.97. The lowest BCUT2D eigenvalue weighted by atomic mass is 10.1. The molecule has 0 saturated heterocycles. The maximum absolute atomic E-state index is 9.96. The number of hydrogen-bond donors (Lipinski definition) is 1. The Hall–Kier alpha value is -2.29. The Kier molecular flexibility index (Phi) is 4.18. The van der Waals surface area contributed by atoms with Crippen LogP contribution < -0.4 is 4.74 Å². The zero-order chi connectivity index (χ0) is 13.7. The fraction of sp³-hybridized carbons (Fsp3) is 0.188. The predicted molar refractivity (Wildman–Crippen MR) is 77.1 cm³/mol. The third-order valence-electron chi connectivity index (χ3n) is 2.97. The molecule has 2 aromatic carbocycles. The minimum Gasteiger partial charge on any atom is -0.504 e. The molecule has 2 aromatic rings. The van der Waals surface area contributed by atoms with E-state index in [1.54, 1.807) is 18.3 Å². The smallest absolute Gasteiger partial charge is 0.166 e. The van der Waals surface area contributed by atoms with Crippen molar-refractivity contribution in [1.29, 1.82) is 0 Å². The van der Waals surface area contributed by atoms with Crippen molar-refractivity contribution in [3.05, 3.63) is 59.7 Å². The quantitative estimate of drug-likeness (QED) is 0.848. The number of para-hydroxylation sites is 1. The number of hydrogen-bond acceptors (Lipinski definition) is 3. The molecule has 3 nitrogen and oxygen atoms in total. The van der Waals surface area contributed by atoms with Crippen LogP contribution in [0.2, 0.25) is 0 Å². The Morgan fingerprint density at radius 3 is 2.53 bits per heavy atom. The lowest BCUT2D eigenvalue weighted by Gasteiger charge is -2.07. The molecule has 0 radical (unpaired) electrons. The molecule has 1 N–H and O–H groups in total. The zero-order valence-electron chi connectivity index (χ0n) is 11.1. The SMILES string of the molecule is COc1cccc(C=N[C@H](C)c2ccccc2)c1O. The van der Waals surface area contributed by atoms with Gasteiger partial charge in [-0.3, -0.25) is 4.99 Å². The van der Waals surface area contributed by atoms with Crippen molar-refractivity contribution in [3.8, 4) is 11.5 Å². The van der Waals surface area contributed by atoms with Crippen LogP contribution >= 0.6 is 0 Å². The fourth-order valence-electron chi connectivity index (χ4n) is 1.82. The molecule has 0 aliphatic carbocycles. The van der Waals surface area contributed by atoms with Crippen LogP contribution in [-0.2, 0) is 0 Å². The van der Waals surface area contributed by atoms with E-state index in [-0.39, 0.29) is 11.8 Å². The molecule has 0 heterocycles. The summed E-state index contributed by atoms with van der Waals surface area (Å²) in [6, 6.07) is 15.4. The van der Waals surface area contributed by atoms with E-state index in [2.05, 4.69) is 4.99 Å². The summed E-state index contributed by atoms with van der Waals surface area (Å²) < 4.78 is 5.07. The normalized spacial score (nSPS) is 12.5. The number of rotatable bonds is 4. The molecule has 0 saturated carbocycles. The van der Waals surface area contributed by atoms with Crippen molar-refractivity contribution in [2.45, 2.75) is 13.0 Å². The molecule has 98 valence electrons. The number of methoxy groups -OCH3 is 1. The van der Waals surface area contributed by atoms with Crippen LogP contribution in [0.3, 0.4) is 0 Å². The predicted octanol–water partition coefficient (Wildman–Crippen LogP) is 3.58. The first kappa shape index (κ1) is 13.1. The first-order valence-corrected chi connectivity index (χ1v) is 6.16. The third kappa shape index (κ3) is 3.13. The molecule has 2 rings (SSSR count). The lowest BCUT2D eigenvalue weighted by molar-refractivity contribution is 0.373. The Bertz CT molecular complexity index is 564. The maximum Gasteiger partial charge on any atom is 0.166 e. The van der Waals surface area contributed by atoms with Crippen molar-refractivity contribution >= 4 is 6.21 Å². The Morgan fingerprint density at radius 2 is 1.84 bits per heavy atom. The van der Waals surface area contributed by atoms with Crippen molar-refractivity contribution in [2.75, 3.05) is 7.11 Å². The number of benzene rings is 2. The van der Waals surface area contributed by atoms with Crippen molar-refractivity contribution in [2.24, 2.45) is 4.99 Å². The van der Waals surface area contributed by atoms with Gasteiger partial charge in [0.05, 0.1) is 13.2 Å². The standard InChI is InChI=1S/C16H17NO2/c1-12(13-7-4-3-5-8-13)17-11-14-9-6-10-15(19-2)16(14)18/h3-12,18H,1-2H3/t12-/m1/s1. The average Bonchev–Trinajstić information content (AvgIpc) is 2.47. The number of aliphatic imine (C=N–C) groups is 1. The first-order valence-electron chi connectivity index (χ1n) is 6.16. The van der Waals surface area contributed by atoms with Crippen LogP contribution in [0.15, 0.2) is 53.5 Å². The van der Waals surface area contributed by atoms with Crippen LogP contribution in [0.1, 0.15) is 24.1 Å². The van der Waals surface area contributed by atoms with Crippen molar-refractivity contribution in [3.63, 3.8) is 0 Å². The van der Waals surface area contributed by atoms with Gasteiger partial charge in [0.15, 0.2) is 11.5 Å². The Balaban J connectivity index is 2.19. The summed E-state index contributed by atoms with van der Waals surface area (Å²) in [5.74, 6) is 0.574. The summed E-state index contributed by atoms with van der Waals surface area (Å²) >= 11 is 0. The second-order valence-corrected chi connectivity index (χ2v) is 4.26. The second-order valence-electron chi connectivity index (χ2n) is 4.26. The van der Waals surface area contributed by atoms with Gasteiger partial charge in [0.25, 0.3) is 0 Å². The minimum absolute atomic E-state index is 0.0480. The molecule has 0 unspecified atom stereocenters. The maximum atomic E-state index is 9.96. The van der Waals surface area contributed by atoms with Gasteiger partial charge in [0, 0.05) is 11.8 Å². The van der Waals surface area contributed by atoms with Crippen molar-refractivity contribution < 1.29 is 9.84 Å². The van der Waals surface area contributed by atoms with E-state index in [1.807, 2.05) is 43.3 Å². The molecule has 1 atom stereocenters. The van der Waals surface area contributed by atoms with E-state index < -0.39 is 0 Å². The number of phenolic OH excluding ortho intramolecular Hbond substituents is 1. The molecular weight excluding hydrogens is 238 g/mol. The summed E-state index contributed by atoms with van der Waals surface area (Å²) in [5.41, 5.74) is 1.79. The molecule has 0 aliphatic heterocycles. The van der Waals surface area contributed by atoms with E-state index in [1.165, 1.54) is 7.11 Å². The van der Waals surface area contributed by atoms with Gasteiger partial charge in [-0.1, -0.05) is 36.4 Å². The van der Waals surface area contributed by atoms with Crippen molar-refractivity contribution in [1.82, 2.24) is 0 Å². The summed E-state index contributed by atoms with van der Waals surface area (Å²) in [5, 5.41) is 9.96. The number of aromatic hydroxyl groups is 1. The summed E-state index contributed by atoms with van der Waals surface area (Å²) in [4.78, 5) is 4.46. The van der Waals surface area contributed by atoms with Gasteiger partial charge >= 0.3 is 0 Å². The van der Waals surface area contributed by atoms with Crippen LogP contribution in [0.25, 0.3) is 0 Å². The molecule has 0 aliphatic rings. The second kappa shape index (κ2) is 6.05. The summed E-state index contributed by atoms with van der Waals surface area (Å²) in [6.45, 7) is 2.02. The number of nitrogens with zero attached hydrogens (tertiary/aromatic N) is 1. The summed E-state index contributed by atoms with van der Waals surface area (Å²) in [6.07, 6.45) is 1.68. The topological polar surface area (TPSA) is 41.8 Å². The molecule has 0 aromatic heterocycles. The molecule has 0 amide bonds. The molecule has 0 bridgehead atoms. The highest BCUT2D eigenvalue weighted by Crippen LogP contribution is 2.28. The lowest BCUT2D eigenvalue weighted by Crippen LogP contribution is -1.92. The first-order chi connectivity index (χ1) is 9.22. The molecule has 19 heavy (non-hydrogen) atoms. The van der Waals surface area contributed by atoms with Gasteiger partial charge < -0.3 is 9.84 Å². The van der Waals surface area contributed by atoms with E-state index in [0.717, 1.165) is 5.56 Å². The van der Waals surface area contributed by atoms with Gasteiger partial charge in [0.1, 0.15) is 0 Å². The average molecular weight is 255 g/mol. The highest BCUT2D eigenvalue weighted by molar-refractivity contribution is 5.84. The van der Waals surface area contributed by atoms with Gasteiger partial charge in [-0.25, -0.2) is 0 Å². The van der Waals surface area contributed by atoms with Gasteiger partial charge in [-0.2, -0.15) is 0 Å². The largest absolute Gasteiger partial charge is 0.504 e. The monoisotopic (exact) mass is 255 g/mol. The minimum atomic E-state index is 0.0480. The van der Waals surface area contributed by atoms with Crippen LogP contribution in [0.4, 0.5) is 0 Å². The highest BCUT2D eigenvalue weighted by atomic mass is 16.5. The van der Waals surface area contributed by atoms with Gasteiger partial charge in [-0.15, -0.1) is 0 Å².